The first-order valence-corrected chi connectivity index (χ1v) is 7.83. The molecule has 0 aromatic carbocycles. The molecule has 2 N–H and O–H groups in total. The Bertz CT molecular complexity index is 494. The first-order valence-electron chi connectivity index (χ1n) is 7.83. The predicted molar refractivity (Wildman–Crippen MR) is 77.6 cm³/mol. The number of hydrogen-bond donors (Lipinski definition) is 2. The fraction of sp³-hybridized carbons (Fsp3) is 0.667. The Morgan fingerprint density at radius 3 is 2.86 bits per heavy atom. The zero-order valence-corrected chi connectivity index (χ0v) is 12.2. The molecular formula is C15H22N4O2. The van der Waals surface area contributed by atoms with Crippen LogP contribution in [0.5, 0.6) is 0 Å². The van der Waals surface area contributed by atoms with Crippen LogP contribution in [-0.2, 0) is 4.79 Å². The fourth-order valence-corrected chi connectivity index (χ4v) is 3.46. The molecule has 2 fully saturated rings. The van der Waals surface area contributed by atoms with Gasteiger partial charge in [-0.3, -0.25) is 14.7 Å². The summed E-state index contributed by atoms with van der Waals surface area (Å²) in [5.41, 5.74) is 0.526. The summed E-state index contributed by atoms with van der Waals surface area (Å²) < 4.78 is 0. The van der Waals surface area contributed by atoms with Gasteiger partial charge < -0.3 is 10.2 Å². The lowest BCUT2D eigenvalue weighted by Gasteiger charge is -2.37. The zero-order valence-electron chi connectivity index (χ0n) is 12.2. The number of nitrogens with zero attached hydrogens (tertiary/aromatic N) is 2. The van der Waals surface area contributed by atoms with Crippen LogP contribution in [0.2, 0.25) is 0 Å². The lowest BCUT2D eigenvalue weighted by atomic mass is 9.84. The molecule has 1 saturated heterocycles. The van der Waals surface area contributed by atoms with Gasteiger partial charge in [-0.1, -0.05) is 32.1 Å². The molecule has 2 amide bonds. The van der Waals surface area contributed by atoms with Gasteiger partial charge in [0.05, 0.1) is 11.8 Å². The van der Waals surface area contributed by atoms with Crippen LogP contribution in [0.1, 0.15) is 48.9 Å². The summed E-state index contributed by atoms with van der Waals surface area (Å²) in [5.74, 6) is 0.454. The minimum Gasteiger partial charge on any atom is -0.353 e. The van der Waals surface area contributed by atoms with Crippen LogP contribution in [0.4, 0.5) is 0 Å². The Labute approximate surface area is 124 Å². The van der Waals surface area contributed by atoms with Crippen molar-refractivity contribution in [2.75, 3.05) is 13.1 Å². The summed E-state index contributed by atoms with van der Waals surface area (Å²) in [4.78, 5) is 26.5. The lowest BCUT2D eigenvalue weighted by Crippen LogP contribution is -2.57. The number of hydrogen-bond acceptors (Lipinski definition) is 3. The van der Waals surface area contributed by atoms with Crippen LogP contribution in [-0.4, -0.2) is 46.0 Å². The highest BCUT2D eigenvalue weighted by Gasteiger charge is 2.35. The van der Waals surface area contributed by atoms with Gasteiger partial charge in [0.2, 0.25) is 5.91 Å². The highest BCUT2D eigenvalue weighted by atomic mass is 16.2. The lowest BCUT2D eigenvalue weighted by molar-refractivity contribution is -0.128. The molecule has 1 aliphatic heterocycles. The molecule has 1 aromatic heterocycles. The molecule has 1 atom stereocenters. The van der Waals surface area contributed by atoms with Crippen molar-refractivity contribution in [2.45, 2.75) is 44.6 Å². The number of H-pyrrole nitrogens is 1. The Balaban J connectivity index is 1.73. The quantitative estimate of drug-likeness (QED) is 0.881. The maximum Gasteiger partial charge on any atom is 0.257 e. The molecule has 2 aliphatic rings. The Morgan fingerprint density at radius 2 is 2.14 bits per heavy atom. The van der Waals surface area contributed by atoms with Gasteiger partial charge in [-0.25, -0.2) is 0 Å². The number of rotatable bonds is 3. The molecule has 6 heteroatoms. The third-order valence-corrected chi connectivity index (χ3v) is 4.62. The monoisotopic (exact) mass is 290 g/mol. The van der Waals surface area contributed by atoms with Gasteiger partial charge >= 0.3 is 0 Å². The molecule has 0 bridgehead atoms. The van der Waals surface area contributed by atoms with Gasteiger partial charge in [0.25, 0.3) is 5.91 Å². The second kappa shape index (κ2) is 6.28. The van der Waals surface area contributed by atoms with Gasteiger partial charge in [0, 0.05) is 19.3 Å². The maximum atomic E-state index is 12.5. The van der Waals surface area contributed by atoms with Crippen LogP contribution in [0.15, 0.2) is 12.4 Å². The number of carbonyl (C=O) groups is 2. The topological polar surface area (TPSA) is 78.1 Å². The Kier molecular flexibility index (Phi) is 4.22. The second-order valence-corrected chi connectivity index (χ2v) is 6.03. The number of aromatic amines is 1. The average Bonchev–Trinajstić information content (AvgIpc) is 3.04. The number of carbonyl (C=O) groups excluding carboxylic acids is 2. The highest BCUT2D eigenvalue weighted by molar-refractivity contribution is 5.97. The van der Waals surface area contributed by atoms with E-state index in [0.717, 1.165) is 6.42 Å². The van der Waals surface area contributed by atoms with Crippen LogP contribution in [0.25, 0.3) is 0 Å². The summed E-state index contributed by atoms with van der Waals surface area (Å²) in [5, 5.41) is 9.38. The highest BCUT2D eigenvalue weighted by Crippen LogP contribution is 2.29. The van der Waals surface area contributed by atoms with E-state index in [-0.39, 0.29) is 17.9 Å². The van der Waals surface area contributed by atoms with E-state index in [1.54, 1.807) is 11.1 Å². The van der Waals surface area contributed by atoms with Crippen LogP contribution in [0, 0.1) is 5.92 Å². The summed E-state index contributed by atoms with van der Waals surface area (Å²) in [6.07, 6.45) is 10.0. The third kappa shape index (κ3) is 3.09. The number of aromatic nitrogens is 2. The van der Waals surface area contributed by atoms with Gasteiger partial charge in [0.15, 0.2) is 0 Å². The zero-order chi connectivity index (χ0) is 14.7. The minimum absolute atomic E-state index is 0.0105. The van der Waals surface area contributed by atoms with E-state index in [4.69, 9.17) is 0 Å². The SMILES string of the molecule is O=C1NCCN(C(=O)c2cn[nH]c2)[C@@H]1CC1CCCCC1. The molecule has 6 nitrogen and oxygen atoms in total. The van der Waals surface area contributed by atoms with E-state index in [2.05, 4.69) is 15.5 Å². The molecule has 0 spiro atoms. The van der Waals surface area contributed by atoms with Crippen molar-refractivity contribution in [3.8, 4) is 0 Å². The number of nitrogens with one attached hydrogen (secondary N) is 2. The van der Waals surface area contributed by atoms with Gasteiger partial charge in [-0.2, -0.15) is 5.10 Å². The molecule has 1 saturated carbocycles. The van der Waals surface area contributed by atoms with Crippen molar-refractivity contribution in [1.82, 2.24) is 20.4 Å². The molecule has 0 unspecified atom stereocenters. The smallest absolute Gasteiger partial charge is 0.257 e. The minimum atomic E-state index is -0.329. The predicted octanol–water partition coefficient (Wildman–Crippen LogP) is 1.32. The summed E-state index contributed by atoms with van der Waals surface area (Å²) in [6, 6.07) is -0.329. The first kappa shape index (κ1) is 14.1. The van der Waals surface area contributed by atoms with E-state index in [1.165, 1.54) is 38.3 Å². The van der Waals surface area contributed by atoms with Gasteiger partial charge in [-0.15, -0.1) is 0 Å². The van der Waals surface area contributed by atoms with Crippen LogP contribution >= 0.6 is 0 Å². The molecular weight excluding hydrogens is 268 g/mol. The molecule has 1 aliphatic carbocycles. The summed E-state index contributed by atoms with van der Waals surface area (Å²) >= 11 is 0. The number of amides is 2. The van der Waals surface area contributed by atoms with Crippen LogP contribution in [0.3, 0.4) is 0 Å². The van der Waals surface area contributed by atoms with E-state index < -0.39 is 0 Å². The molecule has 114 valence electrons. The first-order chi connectivity index (χ1) is 10.3. The second-order valence-electron chi connectivity index (χ2n) is 6.03. The van der Waals surface area contributed by atoms with Crippen molar-refractivity contribution >= 4 is 11.8 Å². The molecule has 21 heavy (non-hydrogen) atoms. The molecule has 0 radical (unpaired) electrons. The molecule has 1 aromatic rings. The van der Waals surface area contributed by atoms with E-state index >= 15 is 0 Å². The van der Waals surface area contributed by atoms with Crippen LogP contribution < -0.4 is 5.32 Å². The van der Waals surface area contributed by atoms with Crippen molar-refractivity contribution < 1.29 is 9.59 Å². The van der Waals surface area contributed by atoms with Crippen molar-refractivity contribution in [2.24, 2.45) is 5.92 Å². The van der Waals surface area contributed by atoms with Crippen molar-refractivity contribution in [3.05, 3.63) is 18.0 Å². The molecule has 3 rings (SSSR count). The fourth-order valence-electron chi connectivity index (χ4n) is 3.46. The van der Waals surface area contributed by atoms with Crippen molar-refractivity contribution in [1.29, 1.82) is 0 Å². The number of piperazine rings is 1. The van der Waals surface area contributed by atoms with E-state index in [1.807, 2.05) is 0 Å². The Morgan fingerprint density at radius 1 is 1.33 bits per heavy atom. The van der Waals surface area contributed by atoms with E-state index in [9.17, 15) is 9.59 Å². The summed E-state index contributed by atoms with van der Waals surface area (Å²) in [7, 11) is 0. The maximum absolute atomic E-state index is 12.5. The largest absolute Gasteiger partial charge is 0.353 e. The normalized spacial score (nSPS) is 23.9. The standard InChI is InChI=1S/C15H22N4O2/c20-14-13(8-11-4-2-1-3-5-11)19(7-6-16-14)15(21)12-9-17-18-10-12/h9-11,13H,1-8H2,(H,16,20)(H,17,18)/t13-/m1/s1. The van der Waals surface area contributed by atoms with Gasteiger partial charge in [-0.05, 0) is 12.3 Å². The van der Waals surface area contributed by atoms with E-state index in [0.29, 0.717) is 24.6 Å². The third-order valence-electron chi connectivity index (χ3n) is 4.62. The summed E-state index contributed by atoms with van der Waals surface area (Å²) in [6.45, 7) is 1.11. The molecule has 2 heterocycles. The Hall–Kier alpha value is -1.85. The van der Waals surface area contributed by atoms with Gasteiger partial charge in [0.1, 0.15) is 6.04 Å². The average molecular weight is 290 g/mol. The van der Waals surface area contributed by atoms with Crippen molar-refractivity contribution in [3.63, 3.8) is 0 Å².